The van der Waals surface area contributed by atoms with Crippen LogP contribution in [0.4, 0.5) is 5.82 Å². The average molecular weight is 235 g/mol. The van der Waals surface area contributed by atoms with Gasteiger partial charge in [0.25, 0.3) is 5.56 Å². The van der Waals surface area contributed by atoms with Gasteiger partial charge in [-0.25, -0.2) is 4.98 Å². The summed E-state index contributed by atoms with van der Waals surface area (Å²) >= 11 is 0. The Balaban J connectivity index is 2.06. The molecular weight excluding hydrogens is 214 g/mol. The van der Waals surface area contributed by atoms with Crippen molar-refractivity contribution in [1.82, 2.24) is 9.97 Å². The van der Waals surface area contributed by atoms with E-state index >= 15 is 0 Å². The van der Waals surface area contributed by atoms with Crippen molar-refractivity contribution in [2.24, 2.45) is 0 Å². The van der Waals surface area contributed by atoms with E-state index in [2.05, 4.69) is 15.3 Å². The maximum Gasteiger partial charge on any atom is 0.252 e. The number of aryl methyl sites for hydroxylation is 1. The van der Waals surface area contributed by atoms with Crippen LogP contribution in [0.2, 0.25) is 0 Å². The van der Waals surface area contributed by atoms with Crippen molar-refractivity contribution >= 4 is 5.82 Å². The third-order valence-electron chi connectivity index (χ3n) is 3.33. The molecule has 0 unspecified atom stereocenters. The van der Waals surface area contributed by atoms with Crippen LogP contribution in [0.15, 0.2) is 10.9 Å². The van der Waals surface area contributed by atoms with Crippen molar-refractivity contribution in [2.75, 3.05) is 5.32 Å². The third-order valence-corrected chi connectivity index (χ3v) is 3.33. The number of anilines is 1. The summed E-state index contributed by atoms with van der Waals surface area (Å²) in [7, 11) is 0. The molecule has 1 heterocycles. The molecule has 4 nitrogen and oxygen atoms in total. The number of H-pyrrole nitrogens is 1. The van der Waals surface area contributed by atoms with Gasteiger partial charge in [0.2, 0.25) is 0 Å². The Labute approximate surface area is 102 Å². The lowest BCUT2D eigenvalue weighted by atomic mass is 10.1. The van der Waals surface area contributed by atoms with E-state index in [1.54, 1.807) is 6.07 Å². The zero-order chi connectivity index (χ0) is 12.1. The monoisotopic (exact) mass is 235 g/mol. The van der Waals surface area contributed by atoms with Gasteiger partial charge in [0.1, 0.15) is 11.6 Å². The number of hydrogen-bond acceptors (Lipinski definition) is 3. The SMILES string of the molecule is CCc1nc(NC2CCCCCC2)cc(=O)[nH]1. The molecular formula is C13H21N3O. The molecule has 1 saturated carbocycles. The highest BCUT2D eigenvalue weighted by atomic mass is 16.1. The van der Waals surface area contributed by atoms with Gasteiger partial charge in [-0.1, -0.05) is 32.6 Å². The number of nitrogens with one attached hydrogen (secondary N) is 2. The van der Waals surface area contributed by atoms with Crippen molar-refractivity contribution in [2.45, 2.75) is 57.9 Å². The summed E-state index contributed by atoms with van der Waals surface area (Å²) in [4.78, 5) is 18.6. The van der Waals surface area contributed by atoms with Crippen molar-refractivity contribution < 1.29 is 0 Å². The van der Waals surface area contributed by atoms with Crippen molar-refractivity contribution in [1.29, 1.82) is 0 Å². The summed E-state index contributed by atoms with van der Waals surface area (Å²) in [5, 5.41) is 3.41. The molecule has 0 saturated heterocycles. The third kappa shape index (κ3) is 3.58. The normalized spacial score (nSPS) is 17.7. The lowest BCUT2D eigenvalue weighted by Gasteiger charge is -2.16. The highest BCUT2D eigenvalue weighted by Gasteiger charge is 2.12. The van der Waals surface area contributed by atoms with Crippen LogP contribution in [-0.2, 0) is 6.42 Å². The molecule has 0 spiro atoms. The number of aromatic nitrogens is 2. The van der Waals surface area contributed by atoms with Crippen LogP contribution in [-0.4, -0.2) is 16.0 Å². The van der Waals surface area contributed by atoms with E-state index in [1.807, 2.05) is 6.92 Å². The van der Waals surface area contributed by atoms with Gasteiger partial charge in [-0.15, -0.1) is 0 Å². The van der Waals surface area contributed by atoms with Crippen molar-refractivity contribution in [3.63, 3.8) is 0 Å². The Morgan fingerprint density at radius 2 is 2.06 bits per heavy atom. The molecule has 17 heavy (non-hydrogen) atoms. The molecule has 94 valence electrons. The summed E-state index contributed by atoms with van der Waals surface area (Å²) in [6.45, 7) is 1.99. The van der Waals surface area contributed by atoms with E-state index < -0.39 is 0 Å². The summed E-state index contributed by atoms with van der Waals surface area (Å²) in [6.07, 6.45) is 8.37. The fraction of sp³-hybridized carbons (Fsp3) is 0.692. The van der Waals surface area contributed by atoms with Crippen molar-refractivity contribution in [3.8, 4) is 0 Å². The Morgan fingerprint density at radius 1 is 1.35 bits per heavy atom. The molecule has 0 amide bonds. The second-order valence-electron chi connectivity index (χ2n) is 4.76. The van der Waals surface area contributed by atoms with Gasteiger partial charge in [-0.3, -0.25) is 4.79 Å². The zero-order valence-electron chi connectivity index (χ0n) is 10.5. The summed E-state index contributed by atoms with van der Waals surface area (Å²) in [5.41, 5.74) is -0.0621. The van der Waals surface area contributed by atoms with Gasteiger partial charge in [-0.2, -0.15) is 0 Å². The molecule has 1 aliphatic carbocycles. The standard InChI is InChI=1S/C13H21N3O/c1-2-11-15-12(9-13(17)16-11)14-10-7-5-3-4-6-8-10/h9-10H,2-8H2,1H3,(H2,14,15,16,17). The van der Waals surface area contributed by atoms with Crippen LogP contribution in [0.3, 0.4) is 0 Å². The first kappa shape index (κ1) is 12.1. The molecule has 1 aliphatic rings. The van der Waals surface area contributed by atoms with Gasteiger partial charge < -0.3 is 10.3 Å². The molecule has 0 atom stereocenters. The maximum atomic E-state index is 11.4. The molecule has 2 rings (SSSR count). The van der Waals surface area contributed by atoms with E-state index in [0.29, 0.717) is 6.04 Å². The van der Waals surface area contributed by atoms with E-state index in [-0.39, 0.29) is 5.56 Å². The number of hydrogen-bond donors (Lipinski definition) is 2. The van der Waals surface area contributed by atoms with Gasteiger partial charge in [0, 0.05) is 18.5 Å². The lowest BCUT2D eigenvalue weighted by molar-refractivity contribution is 0.616. The Hall–Kier alpha value is -1.32. The molecule has 1 aromatic rings. The summed E-state index contributed by atoms with van der Waals surface area (Å²) in [5.74, 6) is 1.49. The summed E-state index contributed by atoms with van der Waals surface area (Å²) < 4.78 is 0. The first-order valence-corrected chi connectivity index (χ1v) is 6.64. The number of rotatable bonds is 3. The summed E-state index contributed by atoms with van der Waals surface area (Å²) in [6, 6.07) is 2.04. The topological polar surface area (TPSA) is 57.8 Å². The first-order chi connectivity index (χ1) is 8.28. The molecule has 1 fully saturated rings. The first-order valence-electron chi connectivity index (χ1n) is 6.64. The van der Waals surface area contributed by atoms with Crippen LogP contribution in [0.5, 0.6) is 0 Å². The zero-order valence-corrected chi connectivity index (χ0v) is 10.5. The van der Waals surface area contributed by atoms with Crippen molar-refractivity contribution in [3.05, 3.63) is 22.2 Å². The Bertz CT molecular complexity index is 405. The molecule has 4 heteroatoms. The highest BCUT2D eigenvalue weighted by Crippen LogP contribution is 2.19. The van der Waals surface area contributed by atoms with Crippen LogP contribution >= 0.6 is 0 Å². The number of nitrogens with zero attached hydrogens (tertiary/aromatic N) is 1. The van der Waals surface area contributed by atoms with Gasteiger partial charge in [-0.05, 0) is 12.8 Å². The second-order valence-corrected chi connectivity index (χ2v) is 4.76. The van der Waals surface area contributed by atoms with E-state index in [1.165, 1.54) is 38.5 Å². The van der Waals surface area contributed by atoms with Gasteiger partial charge in [0.15, 0.2) is 0 Å². The predicted molar refractivity (Wildman–Crippen MR) is 69.3 cm³/mol. The highest BCUT2D eigenvalue weighted by molar-refractivity contribution is 5.34. The fourth-order valence-electron chi connectivity index (χ4n) is 2.38. The smallest absolute Gasteiger partial charge is 0.252 e. The molecule has 0 aromatic carbocycles. The Kier molecular flexibility index (Phi) is 4.18. The van der Waals surface area contributed by atoms with Crippen LogP contribution < -0.4 is 10.9 Å². The number of aromatic amines is 1. The van der Waals surface area contributed by atoms with E-state index in [0.717, 1.165) is 18.1 Å². The van der Waals surface area contributed by atoms with Gasteiger partial charge >= 0.3 is 0 Å². The Morgan fingerprint density at radius 3 is 2.71 bits per heavy atom. The molecule has 0 bridgehead atoms. The average Bonchev–Trinajstić information content (AvgIpc) is 2.57. The van der Waals surface area contributed by atoms with Crippen LogP contribution in [0.1, 0.15) is 51.3 Å². The molecule has 1 aromatic heterocycles. The van der Waals surface area contributed by atoms with Crippen LogP contribution in [0, 0.1) is 0 Å². The maximum absolute atomic E-state index is 11.4. The minimum Gasteiger partial charge on any atom is -0.367 e. The largest absolute Gasteiger partial charge is 0.367 e. The van der Waals surface area contributed by atoms with Gasteiger partial charge in [0.05, 0.1) is 0 Å². The minimum absolute atomic E-state index is 0.0621. The predicted octanol–water partition coefficient (Wildman–Crippen LogP) is 2.47. The van der Waals surface area contributed by atoms with E-state index in [9.17, 15) is 4.79 Å². The minimum atomic E-state index is -0.0621. The second kappa shape index (κ2) is 5.84. The lowest BCUT2D eigenvalue weighted by Crippen LogP contribution is -2.21. The molecule has 0 radical (unpaired) electrons. The quantitative estimate of drug-likeness (QED) is 0.791. The fourth-order valence-corrected chi connectivity index (χ4v) is 2.38. The van der Waals surface area contributed by atoms with Crippen LogP contribution in [0.25, 0.3) is 0 Å². The molecule has 0 aliphatic heterocycles. The van der Waals surface area contributed by atoms with E-state index in [4.69, 9.17) is 0 Å². The molecule has 2 N–H and O–H groups in total.